The molecule has 0 N–H and O–H groups in total. The maximum atomic E-state index is 2.51. The predicted molar refractivity (Wildman–Crippen MR) is 215 cm³/mol. The van der Waals surface area contributed by atoms with E-state index in [0.717, 1.165) is 0 Å². The molecule has 0 saturated carbocycles. The lowest BCUT2D eigenvalue weighted by Crippen LogP contribution is -2.08. The fourth-order valence-corrected chi connectivity index (χ4v) is 16.0. The zero-order valence-electron chi connectivity index (χ0n) is 11.4. The first-order chi connectivity index (χ1) is 11.9. The molecular formula is C12I12N2. The average Bonchev–Trinajstić information content (AvgIpc) is 2.54. The zero-order valence-corrected chi connectivity index (χ0v) is 37.3. The van der Waals surface area contributed by atoms with Gasteiger partial charge in [-0.25, -0.2) is 0 Å². The summed E-state index contributed by atoms with van der Waals surface area (Å²) in [4.78, 5) is 0. The summed E-state index contributed by atoms with van der Waals surface area (Å²) in [5, 5.41) is 0. The highest BCUT2D eigenvalue weighted by Crippen LogP contribution is 2.50. The van der Waals surface area contributed by atoms with Crippen LogP contribution in [0.2, 0.25) is 0 Å². The van der Waals surface area contributed by atoms with Crippen LogP contribution in [0.5, 0.6) is 0 Å². The standard InChI is InChI=1S/C12I12N2/c13-3-1(4(14)8(18)11(7(3)17)25(21)22)2-5(15)9(19)12(26(23)24)10(20)6(2)16. The number of hydrogen-bond acceptors (Lipinski definition) is 2. The highest BCUT2D eigenvalue weighted by atomic mass is 127. The first-order valence-corrected chi connectivity index (χ1v) is 18.4. The Bertz CT molecular complexity index is 763. The van der Waals surface area contributed by atoms with Gasteiger partial charge in [0.1, 0.15) is 0 Å². The van der Waals surface area contributed by atoms with E-state index < -0.39 is 0 Å². The van der Waals surface area contributed by atoms with E-state index in [-0.39, 0.29) is 0 Å². The van der Waals surface area contributed by atoms with Gasteiger partial charge >= 0.3 is 0 Å². The van der Waals surface area contributed by atoms with Crippen LogP contribution in [0.3, 0.4) is 0 Å². The van der Waals surface area contributed by atoms with Gasteiger partial charge in [-0.2, -0.15) is 0 Å². The number of hydrogen-bond donors (Lipinski definition) is 0. The van der Waals surface area contributed by atoms with E-state index in [9.17, 15) is 0 Å². The molecule has 0 atom stereocenters. The number of benzene rings is 2. The van der Waals surface area contributed by atoms with Gasteiger partial charge in [-0.1, -0.05) is 0 Å². The number of rotatable bonds is 3. The first kappa shape index (κ1) is 29.0. The summed E-state index contributed by atoms with van der Waals surface area (Å²) in [6.07, 6.45) is 0. The van der Waals surface area contributed by atoms with E-state index in [0.29, 0.717) is 0 Å². The number of anilines is 2. The fraction of sp³-hybridized carbons (Fsp3) is 0. The van der Waals surface area contributed by atoms with Gasteiger partial charge in [0.2, 0.25) is 0 Å². The van der Waals surface area contributed by atoms with Crippen molar-refractivity contribution in [3.05, 3.63) is 28.6 Å². The van der Waals surface area contributed by atoms with E-state index in [1.807, 2.05) is 0 Å². The summed E-state index contributed by atoms with van der Waals surface area (Å²) in [6, 6.07) is 0. The molecule has 0 bridgehead atoms. The second-order valence-corrected chi connectivity index (χ2v) is 20.6. The molecule has 142 valence electrons. The third-order valence-electron chi connectivity index (χ3n) is 3.07. The molecule has 2 rings (SSSR count). The molecule has 2 aromatic carbocycles. The van der Waals surface area contributed by atoms with Gasteiger partial charge in [0.05, 0.1) is 117 Å². The first-order valence-electron chi connectivity index (χ1n) is 5.89. The van der Waals surface area contributed by atoms with Gasteiger partial charge in [0, 0.05) is 25.4 Å². The molecule has 0 spiro atoms. The Balaban J connectivity index is 3.00. The molecule has 0 radical (unpaired) electrons. The Morgan fingerprint density at radius 1 is 0.346 bits per heavy atom. The monoisotopic (exact) mass is 1690 g/mol. The molecular weight excluding hydrogens is 1690 g/mol. The van der Waals surface area contributed by atoms with Crippen molar-refractivity contribution in [3.63, 3.8) is 0 Å². The molecule has 0 aromatic heterocycles. The number of halogens is 12. The highest BCUT2D eigenvalue weighted by molar-refractivity contribution is 14.2. The van der Waals surface area contributed by atoms with Crippen LogP contribution in [0.4, 0.5) is 11.4 Å². The molecule has 0 aliphatic rings. The average molecular weight is 1690 g/mol. The van der Waals surface area contributed by atoms with E-state index in [2.05, 4.69) is 275 Å². The third-order valence-corrected chi connectivity index (χ3v) is 17.6. The molecule has 0 amide bonds. The smallest absolute Gasteiger partial charge is 0.0853 e. The molecule has 2 aromatic rings. The minimum Gasteiger partial charge on any atom is -0.253 e. The molecule has 0 aliphatic heterocycles. The van der Waals surface area contributed by atoms with E-state index in [1.165, 1.54) is 51.1 Å². The van der Waals surface area contributed by atoms with Crippen molar-refractivity contribution >= 4 is 284 Å². The topological polar surface area (TPSA) is 6.48 Å². The predicted octanol–water partition coefficient (Wildman–Crippen LogP) is 11.2. The summed E-state index contributed by atoms with van der Waals surface area (Å²) >= 11 is 29.4. The zero-order chi connectivity index (χ0) is 20.1. The fourth-order valence-electron chi connectivity index (χ4n) is 1.98. The van der Waals surface area contributed by atoms with Crippen LogP contribution >= 0.6 is 272 Å². The van der Waals surface area contributed by atoms with Crippen LogP contribution in [-0.2, 0) is 0 Å². The van der Waals surface area contributed by atoms with Gasteiger partial charge in [0.15, 0.2) is 0 Å². The van der Waals surface area contributed by atoms with Gasteiger partial charge in [-0.05, 0) is 181 Å². The van der Waals surface area contributed by atoms with Crippen molar-refractivity contribution in [1.82, 2.24) is 0 Å². The molecule has 14 heteroatoms. The molecule has 0 aliphatic carbocycles. The minimum atomic E-state index is 1.28. The Morgan fingerprint density at radius 3 is 0.692 bits per heavy atom. The normalized spacial score (nSPS) is 11.1. The number of nitrogens with zero attached hydrogens (tertiary/aromatic N) is 2. The Labute approximate surface area is 317 Å². The highest BCUT2D eigenvalue weighted by Gasteiger charge is 2.28. The molecule has 0 fully saturated rings. The van der Waals surface area contributed by atoms with Crippen LogP contribution in [0.1, 0.15) is 0 Å². The Hall–Kier alpha value is 6.80. The van der Waals surface area contributed by atoms with E-state index in [4.69, 9.17) is 0 Å². The van der Waals surface area contributed by atoms with Crippen LogP contribution in [0.25, 0.3) is 11.1 Å². The summed E-state index contributed by atoms with van der Waals surface area (Å²) in [7, 11) is 0. The maximum Gasteiger partial charge on any atom is 0.0853 e. The van der Waals surface area contributed by atoms with Crippen LogP contribution in [0, 0.1) is 28.6 Å². The second kappa shape index (κ2) is 12.7. The van der Waals surface area contributed by atoms with Crippen molar-refractivity contribution in [1.29, 1.82) is 0 Å². The Kier molecular flexibility index (Phi) is 14.1. The molecule has 2 nitrogen and oxygen atoms in total. The van der Waals surface area contributed by atoms with Gasteiger partial charge < -0.3 is 0 Å². The molecule has 0 unspecified atom stereocenters. The third kappa shape index (κ3) is 6.13. The largest absolute Gasteiger partial charge is 0.253 e. The lowest BCUT2D eigenvalue weighted by atomic mass is 10.1. The van der Waals surface area contributed by atoms with Gasteiger partial charge in [-0.15, -0.1) is 0 Å². The summed E-state index contributed by atoms with van der Waals surface area (Å²) in [5.74, 6) is 0. The molecule has 0 heterocycles. The van der Waals surface area contributed by atoms with Crippen LogP contribution in [-0.4, -0.2) is 0 Å². The molecule has 26 heavy (non-hydrogen) atoms. The Morgan fingerprint density at radius 2 is 0.538 bits per heavy atom. The van der Waals surface area contributed by atoms with Gasteiger partial charge in [0.25, 0.3) is 0 Å². The van der Waals surface area contributed by atoms with Crippen molar-refractivity contribution < 1.29 is 0 Å². The quantitative estimate of drug-likeness (QED) is 0.172. The van der Waals surface area contributed by atoms with Crippen LogP contribution < -0.4 is 2.65 Å². The van der Waals surface area contributed by atoms with Crippen LogP contribution in [0.15, 0.2) is 0 Å². The summed E-state index contributed by atoms with van der Waals surface area (Å²) in [6.45, 7) is 0. The van der Waals surface area contributed by atoms with E-state index in [1.54, 1.807) is 0 Å². The SMILES string of the molecule is Ic1c(I)c(N(I)I)c(I)c(I)c1-c1c(I)c(I)c(N(I)I)c(I)c1I. The van der Waals surface area contributed by atoms with Crippen molar-refractivity contribution in [3.8, 4) is 11.1 Å². The summed E-state index contributed by atoms with van der Waals surface area (Å²) < 4.78 is 14.8. The van der Waals surface area contributed by atoms with Crippen molar-refractivity contribution in [2.24, 2.45) is 0 Å². The minimum absolute atomic E-state index is 1.28. The maximum absolute atomic E-state index is 2.51. The van der Waals surface area contributed by atoms with Crippen molar-refractivity contribution in [2.75, 3.05) is 2.65 Å². The van der Waals surface area contributed by atoms with E-state index >= 15 is 0 Å². The van der Waals surface area contributed by atoms with Crippen molar-refractivity contribution in [2.45, 2.75) is 0 Å². The lowest BCUT2D eigenvalue weighted by molar-refractivity contribution is 1.40. The second-order valence-electron chi connectivity index (χ2n) is 4.42. The van der Waals surface area contributed by atoms with Gasteiger partial charge in [-0.3, -0.25) is 2.65 Å². The lowest BCUT2D eigenvalue weighted by Gasteiger charge is -2.23. The molecule has 0 saturated heterocycles. The summed E-state index contributed by atoms with van der Waals surface area (Å²) in [5.41, 5.74) is 5.26.